The molecule has 0 aliphatic heterocycles. The van der Waals surface area contributed by atoms with Crippen LogP contribution in [0.5, 0.6) is 11.5 Å². The molecular weight excluding hydrogens is 300 g/mol. The van der Waals surface area contributed by atoms with Gasteiger partial charge in [-0.05, 0) is 35.1 Å². The van der Waals surface area contributed by atoms with E-state index in [4.69, 9.17) is 9.47 Å². The molecule has 0 spiro atoms. The van der Waals surface area contributed by atoms with Crippen LogP contribution < -0.4 is 9.47 Å². The van der Waals surface area contributed by atoms with Gasteiger partial charge in [-0.15, -0.1) is 0 Å². The van der Waals surface area contributed by atoms with Crippen molar-refractivity contribution in [2.24, 2.45) is 0 Å². The maximum absolute atomic E-state index is 12.6. The Labute approximate surface area is 141 Å². The van der Waals surface area contributed by atoms with Crippen molar-refractivity contribution < 1.29 is 14.3 Å². The number of ketones is 1. The summed E-state index contributed by atoms with van der Waals surface area (Å²) in [7, 11) is 3.20. The van der Waals surface area contributed by atoms with Gasteiger partial charge in [0.1, 0.15) is 11.5 Å². The van der Waals surface area contributed by atoms with Gasteiger partial charge < -0.3 is 9.47 Å². The van der Waals surface area contributed by atoms with Crippen LogP contribution in [0, 0.1) is 0 Å². The largest absolute Gasteiger partial charge is 0.497 e. The van der Waals surface area contributed by atoms with E-state index in [0.29, 0.717) is 17.1 Å². The molecule has 3 nitrogen and oxygen atoms in total. The lowest BCUT2D eigenvalue weighted by molar-refractivity contribution is 0.104. The van der Waals surface area contributed by atoms with Crippen LogP contribution in [0.25, 0.3) is 16.8 Å². The van der Waals surface area contributed by atoms with Gasteiger partial charge in [0.2, 0.25) is 0 Å². The van der Waals surface area contributed by atoms with Crippen molar-refractivity contribution in [2.45, 2.75) is 0 Å². The lowest BCUT2D eigenvalue weighted by Crippen LogP contribution is -1.96. The molecular formula is C21H18O3. The predicted octanol–water partition coefficient (Wildman–Crippen LogP) is 4.75. The Kier molecular flexibility index (Phi) is 4.62. The van der Waals surface area contributed by atoms with Crippen LogP contribution in [0.4, 0.5) is 0 Å². The summed E-state index contributed by atoms with van der Waals surface area (Å²) in [5, 5.41) is 2.01. The van der Waals surface area contributed by atoms with Crippen LogP contribution in [0.3, 0.4) is 0 Å². The number of allylic oxidation sites excluding steroid dienone is 1. The Morgan fingerprint density at radius 3 is 2.50 bits per heavy atom. The van der Waals surface area contributed by atoms with Crippen LogP contribution in [-0.4, -0.2) is 20.0 Å². The first-order valence-corrected chi connectivity index (χ1v) is 7.65. The molecule has 0 amide bonds. The highest BCUT2D eigenvalue weighted by molar-refractivity contribution is 6.14. The molecule has 0 atom stereocenters. The number of ether oxygens (including phenoxy) is 2. The van der Waals surface area contributed by atoms with Gasteiger partial charge in [-0.25, -0.2) is 0 Å². The van der Waals surface area contributed by atoms with E-state index in [1.807, 2.05) is 54.6 Å². The molecule has 0 saturated heterocycles. The maximum atomic E-state index is 12.6. The summed E-state index contributed by atoms with van der Waals surface area (Å²) in [6.45, 7) is 0. The molecule has 3 rings (SSSR count). The summed E-state index contributed by atoms with van der Waals surface area (Å²) in [5.41, 5.74) is 1.52. The lowest BCUT2D eigenvalue weighted by Gasteiger charge is -2.07. The Balaban J connectivity index is 1.93. The molecule has 0 aliphatic rings. The molecule has 0 saturated carbocycles. The third-order valence-electron chi connectivity index (χ3n) is 3.91. The number of fused-ring (bicyclic) bond motifs is 1. The zero-order chi connectivity index (χ0) is 16.9. The van der Waals surface area contributed by atoms with Gasteiger partial charge >= 0.3 is 0 Å². The molecule has 0 unspecified atom stereocenters. The van der Waals surface area contributed by atoms with E-state index in [0.717, 1.165) is 16.3 Å². The van der Waals surface area contributed by atoms with Gasteiger partial charge in [0.05, 0.1) is 14.2 Å². The summed E-state index contributed by atoms with van der Waals surface area (Å²) >= 11 is 0. The zero-order valence-corrected chi connectivity index (χ0v) is 13.7. The number of carbonyl (C=O) groups excluding carboxylic acids is 1. The number of rotatable bonds is 5. The molecule has 0 radical (unpaired) electrons. The summed E-state index contributed by atoms with van der Waals surface area (Å²) in [5.74, 6) is 1.34. The van der Waals surface area contributed by atoms with Crippen LogP contribution >= 0.6 is 0 Å². The van der Waals surface area contributed by atoms with E-state index in [-0.39, 0.29) is 5.78 Å². The Bertz CT molecular complexity index is 905. The fourth-order valence-corrected chi connectivity index (χ4v) is 2.65. The number of methoxy groups -OCH3 is 2. The van der Waals surface area contributed by atoms with E-state index < -0.39 is 0 Å². The summed E-state index contributed by atoms with van der Waals surface area (Å²) in [4.78, 5) is 12.6. The second-order valence-electron chi connectivity index (χ2n) is 5.33. The maximum Gasteiger partial charge on any atom is 0.186 e. The Hall–Kier alpha value is -3.07. The van der Waals surface area contributed by atoms with E-state index in [2.05, 4.69) is 0 Å². The van der Waals surface area contributed by atoms with Crippen molar-refractivity contribution in [1.29, 1.82) is 0 Å². The fourth-order valence-electron chi connectivity index (χ4n) is 2.65. The SMILES string of the molecule is COc1ccc(/C=C/C(=O)c2cccc3ccccc23)c(OC)c1. The molecule has 3 aromatic carbocycles. The van der Waals surface area contributed by atoms with Crippen LogP contribution in [0.1, 0.15) is 15.9 Å². The van der Waals surface area contributed by atoms with Crippen molar-refractivity contribution in [3.63, 3.8) is 0 Å². The van der Waals surface area contributed by atoms with E-state index in [9.17, 15) is 4.79 Å². The second kappa shape index (κ2) is 7.01. The highest BCUT2D eigenvalue weighted by Gasteiger charge is 2.08. The minimum absolute atomic E-state index is 0.0373. The molecule has 3 aromatic rings. The number of carbonyl (C=O) groups is 1. The highest BCUT2D eigenvalue weighted by atomic mass is 16.5. The topological polar surface area (TPSA) is 35.5 Å². The lowest BCUT2D eigenvalue weighted by atomic mass is 10.0. The van der Waals surface area contributed by atoms with Crippen molar-refractivity contribution >= 4 is 22.6 Å². The van der Waals surface area contributed by atoms with Crippen LogP contribution in [-0.2, 0) is 0 Å². The minimum Gasteiger partial charge on any atom is -0.497 e. The summed E-state index contributed by atoms with van der Waals surface area (Å²) in [6.07, 6.45) is 3.34. The first-order chi connectivity index (χ1) is 11.7. The van der Waals surface area contributed by atoms with Gasteiger partial charge in [-0.3, -0.25) is 4.79 Å². The normalized spacial score (nSPS) is 10.9. The first kappa shape index (κ1) is 15.8. The van der Waals surface area contributed by atoms with Gasteiger partial charge in [0.15, 0.2) is 5.78 Å². The summed E-state index contributed by atoms with van der Waals surface area (Å²) < 4.78 is 10.5. The van der Waals surface area contributed by atoms with Crippen molar-refractivity contribution in [3.8, 4) is 11.5 Å². The molecule has 3 heteroatoms. The molecule has 0 aromatic heterocycles. The van der Waals surface area contributed by atoms with Crippen molar-refractivity contribution in [1.82, 2.24) is 0 Å². The monoisotopic (exact) mass is 318 g/mol. The van der Waals surface area contributed by atoms with E-state index in [1.54, 1.807) is 32.4 Å². The fraction of sp³-hybridized carbons (Fsp3) is 0.0952. The Morgan fingerprint density at radius 2 is 1.71 bits per heavy atom. The minimum atomic E-state index is -0.0373. The van der Waals surface area contributed by atoms with Crippen molar-refractivity contribution in [2.75, 3.05) is 14.2 Å². The second-order valence-corrected chi connectivity index (χ2v) is 5.33. The van der Waals surface area contributed by atoms with E-state index >= 15 is 0 Å². The van der Waals surface area contributed by atoms with Crippen LogP contribution in [0.15, 0.2) is 66.7 Å². The smallest absolute Gasteiger partial charge is 0.186 e. The summed E-state index contributed by atoms with van der Waals surface area (Å²) in [6, 6.07) is 19.1. The first-order valence-electron chi connectivity index (χ1n) is 7.65. The molecule has 0 heterocycles. The molecule has 0 fully saturated rings. The quantitative estimate of drug-likeness (QED) is 0.503. The van der Waals surface area contributed by atoms with Gasteiger partial charge in [0, 0.05) is 17.2 Å². The molecule has 24 heavy (non-hydrogen) atoms. The molecule has 0 N–H and O–H groups in total. The standard InChI is InChI=1S/C21H18O3/c1-23-17-12-10-16(21(14-17)24-2)11-13-20(22)19-9-5-7-15-6-3-4-8-18(15)19/h3-14H,1-2H3/b13-11+. The predicted molar refractivity (Wildman–Crippen MR) is 96.9 cm³/mol. The third-order valence-corrected chi connectivity index (χ3v) is 3.91. The van der Waals surface area contributed by atoms with Crippen molar-refractivity contribution in [3.05, 3.63) is 77.9 Å². The zero-order valence-electron chi connectivity index (χ0n) is 13.7. The average molecular weight is 318 g/mol. The number of benzene rings is 3. The molecule has 0 bridgehead atoms. The number of hydrogen-bond acceptors (Lipinski definition) is 3. The third kappa shape index (κ3) is 3.15. The number of hydrogen-bond donors (Lipinski definition) is 0. The van der Waals surface area contributed by atoms with Crippen LogP contribution in [0.2, 0.25) is 0 Å². The molecule has 120 valence electrons. The molecule has 0 aliphatic carbocycles. The highest BCUT2D eigenvalue weighted by Crippen LogP contribution is 2.26. The average Bonchev–Trinajstić information content (AvgIpc) is 2.65. The van der Waals surface area contributed by atoms with E-state index in [1.165, 1.54) is 0 Å². The Morgan fingerprint density at radius 1 is 0.917 bits per heavy atom. The van der Waals surface area contributed by atoms with Gasteiger partial charge in [-0.1, -0.05) is 42.5 Å². The van der Waals surface area contributed by atoms with Gasteiger partial charge in [0.25, 0.3) is 0 Å². The van der Waals surface area contributed by atoms with Gasteiger partial charge in [-0.2, -0.15) is 0 Å².